The van der Waals surface area contributed by atoms with Crippen molar-refractivity contribution in [2.45, 2.75) is 50.9 Å². The minimum absolute atomic E-state index is 0.00248. The Kier molecular flexibility index (Phi) is 4.19. The molecule has 1 saturated carbocycles. The molecule has 0 radical (unpaired) electrons. The SMILES string of the molecule is CC(C)(C)c1nnc(NC(=O)C2(c3ccc(Cl)cc3)CCC2)s1. The normalized spacial score (nSPS) is 16.7. The minimum atomic E-state index is -0.460. The molecule has 23 heavy (non-hydrogen) atoms. The molecule has 1 aromatic heterocycles. The molecule has 122 valence electrons. The van der Waals surface area contributed by atoms with Crippen molar-refractivity contribution in [3.05, 3.63) is 39.9 Å². The van der Waals surface area contributed by atoms with Crippen molar-refractivity contribution >= 4 is 34.0 Å². The summed E-state index contributed by atoms with van der Waals surface area (Å²) in [5.41, 5.74) is 0.495. The van der Waals surface area contributed by atoms with Gasteiger partial charge in [-0.3, -0.25) is 10.1 Å². The van der Waals surface area contributed by atoms with Gasteiger partial charge in [0.15, 0.2) is 0 Å². The van der Waals surface area contributed by atoms with E-state index in [2.05, 4.69) is 36.3 Å². The van der Waals surface area contributed by atoms with E-state index in [1.807, 2.05) is 24.3 Å². The molecule has 0 bridgehead atoms. The second-order valence-corrected chi connectivity index (χ2v) is 8.47. The second kappa shape index (κ2) is 5.87. The van der Waals surface area contributed by atoms with E-state index in [4.69, 9.17) is 11.6 Å². The zero-order valence-corrected chi connectivity index (χ0v) is 15.1. The smallest absolute Gasteiger partial charge is 0.236 e. The number of benzene rings is 1. The highest BCUT2D eigenvalue weighted by atomic mass is 35.5. The van der Waals surface area contributed by atoms with Gasteiger partial charge >= 0.3 is 0 Å². The van der Waals surface area contributed by atoms with Crippen LogP contribution in [-0.4, -0.2) is 16.1 Å². The van der Waals surface area contributed by atoms with Gasteiger partial charge < -0.3 is 0 Å². The van der Waals surface area contributed by atoms with Gasteiger partial charge in [0, 0.05) is 10.4 Å². The first-order valence-corrected chi connectivity index (χ1v) is 8.92. The number of rotatable bonds is 3. The number of aromatic nitrogens is 2. The van der Waals surface area contributed by atoms with Crippen molar-refractivity contribution < 1.29 is 4.79 Å². The summed E-state index contributed by atoms with van der Waals surface area (Å²) in [4.78, 5) is 12.9. The van der Waals surface area contributed by atoms with Crippen molar-refractivity contribution in [3.63, 3.8) is 0 Å². The molecule has 1 heterocycles. The summed E-state index contributed by atoms with van der Waals surface area (Å²) in [6, 6.07) is 7.57. The van der Waals surface area contributed by atoms with Crippen LogP contribution in [0.4, 0.5) is 5.13 Å². The first-order valence-electron chi connectivity index (χ1n) is 7.73. The molecule has 1 aliphatic carbocycles. The van der Waals surface area contributed by atoms with Gasteiger partial charge in [0.1, 0.15) is 5.01 Å². The van der Waals surface area contributed by atoms with Crippen LogP contribution >= 0.6 is 22.9 Å². The zero-order valence-electron chi connectivity index (χ0n) is 13.5. The maximum absolute atomic E-state index is 12.9. The molecule has 6 heteroatoms. The predicted octanol–water partition coefficient (Wildman–Crippen LogP) is 4.55. The van der Waals surface area contributed by atoms with Crippen molar-refractivity contribution in [2.75, 3.05) is 5.32 Å². The van der Waals surface area contributed by atoms with E-state index in [0.717, 1.165) is 29.8 Å². The maximum Gasteiger partial charge on any atom is 0.236 e. The number of anilines is 1. The quantitative estimate of drug-likeness (QED) is 0.884. The molecule has 1 fully saturated rings. The highest BCUT2D eigenvalue weighted by Crippen LogP contribution is 2.45. The van der Waals surface area contributed by atoms with Crippen LogP contribution in [0.2, 0.25) is 5.02 Å². The second-order valence-electron chi connectivity index (χ2n) is 7.06. The topological polar surface area (TPSA) is 54.9 Å². The van der Waals surface area contributed by atoms with E-state index in [1.54, 1.807) is 0 Å². The summed E-state index contributed by atoms with van der Waals surface area (Å²) in [5, 5.41) is 13.4. The molecule has 1 aromatic carbocycles. The van der Waals surface area contributed by atoms with Gasteiger partial charge in [-0.05, 0) is 30.5 Å². The Hall–Kier alpha value is -1.46. The third-order valence-electron chi connectivity index (χ3n) is 4.33. The number of nitrogens with one attached hydrogen (secondary N) is 1. The summed E-state index contributed by atoms with van der Waals surface area (Å²) < 4.78 is 0. The average Bonchev–Trinajstić information content (AvgIpc) is 2.88. The van der Waals surface area contributed by atoms with Gasteiger partial charge in [-0.2, -0.15) is 0 Å². The highest BCUT2D eigenvalue weighted by molar-refractivity contribution is 7.15. The lowest BCUT2D eigenvalue weighted by Crippen LogP contribution is -2.45. The van der Waals surface area contributed by atoms with E-state index in [9.17, 15) is 4.79 Å². The Balaban J connectivity index is 1.81. The Labute approximate surface area is 145 Å². The van der Waals surface area contributed by atoms with Crippen molar-refractivity contribution in [3.8, 4) is 0 Å². The summed E-state index contributed by atoms with van der Waals surface area (Å²) in [5.74, 6) is 0.00248. The number of hydrogen-bond acceptors (Lipinski definition) is 4. The van der Waals surface area contributed by atoms with Crippen LogP contribution in [0.5, 0.6) is 0 Å². The predicted molar refractivity (Wildman–Crippen MR) is 94.2 cm³/mol. The zero-order chi connectivity index (χ0) is 16.7. The first-order chi connectivity index (χ1) is 10.8. The van der Waals surface area contributed by atoms with E-state index in [1.165, 1.54) is 11.3 Å². The molecule has 0 saturated heterocycles. The van der Waals surface area contributed by atoms with Crippen molar-refractivity contribution in [2.24, 2.45) is 0 Å². The van der Waals surface area contributed by atoms with Gasteiger partial charge in [0.25, 0.3) is 0 Å². The Morgan fingerprint density at radius 1 is 1.22 bits per heavy atom. The maximum atomic E-state index is 12.9. The van der Waals surface area contributed by atoms with Crippen LogP contribution in [0.1, 0.15) is 50.6 Å². The summed E-state index contributed by atoms with van der Waals surface area (Å²) in [6.45, 7) is 6.25. The highest BCUT2D eigenvalue weighted by Gasteiger charge is 2.45. The fourth-order valence-electron chi connectivity index (χ4n) is 2.74. The lowest BCUT2D eigenvalue weighted by atomic mass is 9.64. The van der Waals surface area contributed by atoms with Crippen molar-refractivity contribution in [1.82, 2.24) is 10.2 Å². The number of halogens is 1. The summed E-state index contributed by atoms with van der Waals surface area (Å²) in [7, 11) is 0. The van der Waals surface area contributed by atoms with E-state index < -0.39 is 5.41 Å². The molecule has 0 atom stereocenters. The Bertz CT molecular complexity index is 714. The molecule has 0 spiro atoms. The lowest BCUT2D eigenvalue weighted by molar-refractivity contribution is -0.124. The summed E-state index contributed by atoms with van der Waals surface area (Å²) in [6.07, 6.45) is 2.76. The number of hydrogen-bond donors (Lipinski definition) is 1. The molecule has 3 rings (SSSR count). The number of nitrogens with zero attached hydrogens (tertiary/aromatic N) is 2. The molecule has 1 amide bonds. The standard InChI is InChI=1S/C17H20ClN3OS/c1-16(2,3)14-20-21-15(23-14)19-13(22)17(9-4-10-17)11-5-7-12(18)8-6-11/h5-8H,4,9-10H2,1-3H3,(H,19,21,22). The first kappa shape index (κ1) is 16.4. The van der Waals surface area contributed by atoms with Crippen molar-refractivity contribution in [1.29, 1.82) is 0 Å². The molecular weight excluding hydrogens is 330 g/mol. The molecule has 0 aliphatic heterocycles. The van der Waals surface area contributed by atoms with E-state index in [0.29, 0.717) is 10.2 Å². The average molecular weight is 350 g/mol. The van der Waals surface area contributed by atoms with Crippen LogP contribution in [0.25, 0.3) is 0 Å². The van der Waals surface area contributed by atoms with Crippen LogP contribution in [-0.2, 0) is 15.6 Å². The molecular formula is C17H20ClN3OS. The molecule has 0 unspecified atom stereocenters. The molecule has 4 nitrogen and oxygen atoms in total. The van der Waals surface area contributed by atoms with Gasteiger partial charge in [0.05, 0.1) is 5.41 Å². The minimum Gasteiger partial charge on any atom is -0.300 e. The van der Waals surface area contributed by atoms with Gasteiger partial charge in [-0.25, -0.2) is 0 Å². The van der Waals surface area contributed by atoms with E-state index >= 15 is 0 Å². The van der Waals surface area contributed by atoms with Crippen LogP contribution in [0, 0.1) is 0 Å². The fraction of sp³-hybridized carbons (Fsp3) is 0.471. The van der Waals surface area contributed by atoms with Gasteiger partial charge in [-0.1, -0.05) is 62.3 Å². The van der Waals surface area contributed by atoms with Gasteiger partial charge in [-0.15, -0.1) is 10.2 Å². The van der Waals surface area contributed by atoms with Gasteiger partial charge in [0.2, 0.25) is 11.0 Å². The molecule has 1 aliphatic rings. The van der Waals surface area contributed by atoms with Crippen LogP contribution < -0.4 is 5.32 Å². The Morgan fingerprint density at radius 3 is 2.35 bits per heavy atom. The van der Waals surface area contributed by atoms with E-state index in [-0.39, 0.29) is 11.3 Å². The number of amides is 1. The largest absolute Gasteiger partial charge is 0.300 e. The van der Waals surface area contributed by atoms with Crippen LogP contribution in [0.3, 0.4) is 0 Å². The number of carbonyl (C=O) groups excluding carboxylic acids is 1. The third-order valence-corrected chi connectivity index (χ3v) is 5.84. The monoisotopic (exact) mass is 349 g/mol. The lowest BCUT2D eigenvalue weighted by Gasteiger charge is -2.40. The molecule has 2 aromatic rings. The van der Waals surface area contributed by atoms with Crippen LogP contribution in [0.15, 0.2) is 24.3 Å². The number of carbonyl (C=O) groups is 1. The Morgan fingerprint density at radius 2 is 1.87 bits per heavy atom. The molecule has 1 N–H and O–H groups in total. The third kappa shape index (κ3) is 3.12. The summed E-state index contributed by atoms with van der Waals surface area (Å²) >= 11 is 7.40. The fourth-order valence-corrected chi connectivity index (χ4v) is 3.66.